The molecular formula is C29H36BrN7O3. The molecular weight excluding hydrogens is 574 g/mol. The Balaban J connectivity index is 1.25. The molecule has 3 aromatic rings. The van der Waals surface area contributed by atoms with Crippen molar-refractivity contribution in [1.29, 1.82) is 0 Å². The largest absolute Gasteiger partial charge is 0.350 e. The molecule has 0 unspecified atom stereocenters. The van der Waals surface area contributed by atoms with E-state index in [1.807, 2.05) is 42.3 Å². The molecule has 0 bridgehead atoms. The van der Waals surface area contributed by atoms with Gasteiger partial charge in [0.1, 0.15) is 11.6 Å². The molecule has 5 rings (SSSR count). The van der Waals surface area contributed by atoms with Crippen LogP contribution in [0.15, 0.2) is 46.9 Å². The number of benzene rings is 2. The Morgan fingerprint density at radius 3 is 2.58 bits per heavy atom. The molecule has 1 aromatic heterocycles. The van der Waals surface area contributed by atoms with Gasteiger partial charge in [0.05, 0.1) is 11.6 Å². The van der Waals surface area contributed by atoms with Crippen molar-refractivity contribution in [2.24, 2.45) is 18.7 Å². The van der Waals surface area contributed by atoms with Gasteiger partial charge in [0, 0.05) is 44.1 Å². The lowest BCUT2D eigenvalue weighted by Crippen LogP contribution is -2.51. The number of carbonyl (C=O) groups excluding carboxylic acids is 3. The van der Waals surface area contributed by atoms with E-state index in [0.717, 1.165) is 59.0 Å². The highest BCUT2D eigenvalue weighted by Crippen LogP contribution is 2.28. The Labute approximate surface area is 242 Å². The summed E-state index contributed by atoms with van der Waals surface area (Å²) in [6, 6.07) is 12.4. The molecule has 212 valence electrons. The van der Waals surface area contributed by atoms with E-state index in [2.05, 4.69) is 43.7 Å². The molecule has 3 atom stereocenters. The van der Waals surface area contributed by atoms with E-state index < -0.39 is 12.1 Å². The van der Waals surface area contributed by atoms with Gasteiger partial charge in [0.2, 0.25) is 17.7 Å². The number of halogens is 1. The number of aromatic nitrogens is 3. The third-order valence-corrected chi connectivity index (χ3v) is 8.53. The Morgan fingerprint density at radius 2 is 1.82 bits per heavy atom. The van der Waals surface area contributed by atoms with Crippen molar-refractivity contribution in [1.82, 2.24) is 30.1 Å². The predicted octanol–water partition coefficient (Wildman–Crippen LogP) is 2.54. The number of rotatable bonds is 9. The first-order valence-electron chi connectivity index (χ1n) is 13.9. The number of nitrogens with one attached hydrogen (secondary N) is 1. The normalized spacial score (nSPS) is 19.8. The van der Waals surface area contributed by atoms with Crippen LogP contribution >= 0.6 is 15.9 Å². The predicted molar refractivity (Wildman–Crippen MR) is 155 cm³/mol. The van der Waals surface area contributed by atoms with Crippen LogP contribution in [-0.2, 0) is 34.4 Å². The van der Waals surface area contributed by atoms with Gasteiger partial charge in [-0.15, -0.1) is 5.10 Å². The summed E-state index contributed by atoms with van der Waals surface area (Å²) in [5.74, 6) is -0.306. The first-order chi connectivity index (χ1) is 19.3. The Bertz CT molecular complexity index is 1370. The molecule has 3 N–H and O–H groups in total. The van der Waals surface area contributed by atoms with Crippen molar-refractivity contribution < 1.29 is 14.4 Å². The van der Waals surface area contributed by atoms with Crippen molar-refractivity contribution in [2.75, 3.05) is 19.6 Å². The van der Waals surface area contributed by atoms with Gasteiger partial charge in [-0.05, 0) is 73.4 Å². The fourth-order valence-electron chi connectivity index (χ4n) is 5.76. The van der Waals surface area contributed by atoms with E-state index in [-0.39, 0.29) is 36.5 Å². The van der Waals surface area contributed by atoms with Crippen molar-refractivity contribution in [3.8, 4) is 0 Å². The van der Waals surface area contributed by atoms with Crippen LogP contribution in [0.3, 0.4) is 0 Å². The number of carbonyl (C=O) groups is 3. The topological polar surface area (TPSA) is 126 Å². The summed E-state index contributed by atoms with van der Waals surface area (Å²) < 4.78 is 2.71. The lowest BCUT2D eigenvalue weighted by atomic mass is 9.96. The molecule has 3 heterocycles. The number of likely N-dealkylation sites (tertiary alicyclic amines) is 2. The molecule has 2 aliphatic heterocycles. The fourth-order valence-corrected chi connectivity index (χ4v) is 6.02. The van der Waals surface area contributed by atoms with Gasteiger partial charge in [-0.25, -0.2) is 4.68 Å². The molecule has 2 aliphatic rings. The highest BCUT2D eigenvalue weighted by atomic mass is 79.9. The maximum absolute atomic E-state index is 13.5. The van der Waals surface area contributed by atoms with E-state index in [4.69, 9.17) is 5.73 Å². The van der Waals surface area contributed by atoms with Crippen LogP contribution in [0.25, 0.3) is 11.0 Å². The summed E-state index contributed by atoms with van der Waals surface area (Å²) in [5, 5.41) is 11.2. The number of aryl methyl sites for hydroxylation is 1. The second-order valence-electron chi connectivity index (χ2n) is 10.9. The average Bonchev–Trinajstić information content (AvgIpc) is 3.72. The SMILES string of the molecule is Cn1nnc2cc(CNC(=O)[C@@H]3C[C@@H](Cc4ccc(Br)cc4)CN3C(=O)[C@H](N)CCC(=O)N3CCCC3)ccc21. The molecule has 0 saturated carbocycles. The third kappa shape index (κ3) is 6.52. The Kier molecular flexibility index (Phi) is 8.80. The smallest absolute Gasteiger partial charge is 0.243 e. The van der Waals surface area contributed by atoms with Crippen LogP contribution < -0.4 is 11.1 Å². The molecule has 0 aliphatic carbocycles. The van der Waals surface area contributed by atoms with Gasteiger partial charge in [0.25, 0.3) is 0 Å². The monoisotopic (exact) mass is 609 g/mol. The second kappa shape index (κ2) is 12.5. The van der Waals surface area contributed by atoms with Crippen molar-refractivity contribution in [3.63, 3.8) is 0 Å². The zero-order valence-electron chi connectivity index (χ0n) is 22.8. The minimum atomic E-state index is -0.827. The van der Waals surface area contributed by atoms with Crippen LogP contribution in [0.5, 0.6) is 0 Å². The van der Waals surface area contributed by atoms with Gasteiger partial charge < -0.3 is 20.9 Å². The van der Waals surface area contributed by atoms with Gasteiger partial charge in [-0.2, -0.15) is 0 Å². The zero-order chi connectivity index (χ0) is 28.2. The number of hydrogen-bond donors (Lipinski definition) is 2. The van der Waals surface area contributed by atoms with Crippen LogP contribution in [0.4, 0.5) is 0 Å². The average molecular weight is 611 g/mol. The first-order valence-corrected chi connectivity index (χ1v) is 14.7. The lowest BCUT2D eigenvalue weighted by Gasteiger charge is -2.27. The zero-order valence-corrected chi connectivity index (χ0v) is 24.3. The molecule has 10 nitrogen and oxygen atoms in total. The summed E-state index contributed by atoms with van der Waals surface area (Å²) in [5.41, 5.74) is 10.1. The van der Waals surface area contributed by atoms with Crippen molar-refractivity contribution in [3.05, 3.63) is 58.1 Å². The summed E-state index contributed by atoms with van der Waals surface area (Å²) in [4.78, 5) is 43.0. The molecule has 2 fully saturated rings. The second-order valence-corrected chi connectivity index (χ2v) is 11.8. The first kappa shape index (κ1) is 28.2. The maximum atomic E-state index is 13.5. The minimum Gasteiger partial charge on any atom is -0.350 e. The molecule has 0 spiro atoms. The van der Waals surface area contributed by atoms with Crippen LogP contribution in [0.1, 0.15) is 43.2 Å². The van der Waals surface area contributed by atoms with E-state index in [1.165, 1.54) is 0 Å². The van der Waals surface area contributed by atoms with E-state index in [1.54, 1.807) is 9.58 Å². The van der Waals surface area contributed by atoms with Crippen LogP contribution in [0, 0.1) is 5.92 Å². The fraction of sp³-hybridized carbons (Fsp3) is 0.483. The number of nitrogens with two attached hydrogens (primary N) is 1. The van der Waals surface area contributed by atoms with E-state index >= 15 is 0 Å². The van der Waals surface area contributed by atoms with Crippen molar-refractivity contribution >= 4 is 44.7 Å². The summed E-state index contributed by atoms with van der Waals surface area (Å²) in [6.07, 6.45) is 3.86. The van der Waals surface area contributed by atoms with Crippen LogP contribution in [0.2, 0.25) is 0 Å². The number of nitrogens with zero attached hydrogens (tertiary/aromatic N) is 5. The number of fused-ring (bicyclic) bond motifs is 1. The molecule has 2 aromatic carbocycles. The van der Waals surface area contributed by atoms with Gasteiger partial charge in [-0.3, -0.25) is 14.4 Å². The number of amides is 3. The van der Waals surface area contributed by atoms with Gasteiger partial charge >= 0.3 is 0 Å². The summed E-state index contributed by atoms with van der Waals surface area (Å²) >= 11 is 3.47. The quantitative estimate of drug-likeness (QED) is 0.384. The third-order valence-electron chi connectivity index (χ3n) is 8.00. The van der Waals surface area contributed by atoms with Gasteiger partial charge in [0.15, 0.2) is 0 Å². The lowest BCUT2D eigenvalue weighted by molar-refractivity contribution is -0.140. The molecule has 2 saturated heterocycles. The molecule has 40 heavy (non-hydrogen) atoms. The Hall–Kier alpha value is -3.31. The molecule has 3 amide bonds. The standard InChI is InChI=1S/C29H36BrN7O3/c1-35-25-10-6-20(15-24(25)33-34-35)17-32-28(39)26-16-21(14-19-4-7-22(30)8-5-19)18-37(26)29(40)23(31)9-11-27(38)36-12-2-3-13-36/h4-8,10,15,21,23,26H,2-3,9,11-14,16-18,31H2,1H3,(H,32,39)/t21-,23-,26+/m1/s1. The summed E-state index contributed by atoms with van der Waals surface area (Å²) in [6.45, 7) is 2.32. The maximum Gasteiger partial charge on any atom is 0.243 e. The number of hydrogen-bond acceptors (Lipinski definition) is 6. The minimum absolute atomic E-state index is 0.0460. The summed E-state index contributed by atoms with van der Waals surface area (Å²) in [7, 11) is 1.83. The van der Waals surface area contributed by atoms with Gasteiger partial charge in [-0.1, -0.05) is 39.3 Å². The highest BCUT2D eigenvalue weighted by Gasteiger charge is 2.41. The molecule has 0 radical (unpaired) electrons. The molecule has 11 heteroatoms. The Morgan fingerprint density at radius 1 is 1.10 bits per heavy atom. The highest BCUT2D eigenvalue weighted by molar-refractivity contribution is 9.10. The van der Waals surface area contributed by atoms with Crippen LogP contribution in [-0.4, -0.2) is 74.2 Å². The van der Waals surface area contributed by atoms with E-state index in [9.17, 15) is 14.4 Å². The van der Waals surface area contributed by atoms with Crippen molar-refractivity contribution in [2.45, 2.75) is 57.2 Å². The van der Waals surface area contributed by atoms with E-state index in [0.29, 0.717) is 19.5 Å².